The molecule has 0 saturated heterocycles. The highest BCUT2D eigenvalue weighted by Gasteiger charge is 2.38. The van der Waals surface area contributed by atoms with Crippen molar-refractivity contribution in [2.24, 2.45) is 5.92 Å². The monoisotopic (exact) mass is 342 g/mol. The first-order chi connectivity index (χ1) is 11.5. The molecule has 0 saturated carbocycles. The lowest BCUT2D eigenvalue weighted by Crippen LogP contribution is -2.29. The van der Waals surface area contributed by atoms with Gasteiger partial charge in [-0.05, 0) is 47.7 Å². The molecule has 122 valence electrons. The average molecular weight is 343 g/mol. The van der Waals surface area contributed by atoms with Crippen molar-refractivity contribution in [2.75, 3.05) is 5.32 Å². The molecule has 0 aromatic heterocycles. The molecule has 2 aromatic rings. The van der Waals surface area contributed by atoms with Crippen molar-refractivity contribution >= 4 is 23.0 Å². The molecule has 1 aliphatic carbocycles. The Bertz CT molecular complexity index is 865. The van der Waals surface area contributed by atoms with Crippen LogP contribution in [0.1, 0.15) is 29.5 Å². The molecule has 2 N–H and O–H groups in total. The molecule has 24 heavy (non-hydrogen) atoms. The summed E-state index contributed by atoms with van der Waals surface area (Å²) in [6, 6.07) is 10.2. The van der Waals surface area contributed by atoms with Crippen molar-refractivity contribution in [3.8, 4) is 5.75 Å². The number of fused-ring (bicyclic) bond motifs is 3. The van der Waals surface area contributed by atoms with E-state index in [-0.39, 0.29) is 34.3 Å². The molecule has 3 atom stereocenters. The molecule has 0 radical (unpaired) electrons. The van der Waals surface area contributed by atoms with Gasteiger partial charge in [0.15, 0.2) is 0 Å². The van der Waals surface area contributed by atoms with Crippen molar-refractivity contribution in [3.63, 3.8) is 0 Å². The summed E-state index contributed by atoms with van der Waals surface area (Å²) in [5.74, 6) is 0.684. The Hall–Kier alpha value is -2.53. The number of halogens is 1. The smallest absolute Gasteiger partial charge is 0.288 e. The molecule has 6 heteroatoms. The number of nitro benzene ring substituents is 1. The number of nitro groups is 1. The first-order valence-electron chi connectivity index (χ1n) is 7.74. The van der Waals surface area contributed by atoms with E-state index in [1.807, 2.05) is 12.1 Å². The Kier molecular flexibility index (Phi) is 3.46. The zero-order valence-corrected chi connectivity index (χ0v) is 13.4. The number of hydrogen-bond acceptors (Lipinski definition) is 4. The molecular formula is C18H15ClN2O3. The van der Waals surface area contributed by atoms with Crippen molar-refractivity contribution in [1.82, 2.24) is 0 Å². The van der Waals surface area contributed by atoms with E-state index >= 15 is 0 Å². The van der Waals surface area contributed by atoms with E-state index in [0.29, 0.717) is 0 Å². The van der Waals surface area contributed by atoms with Gasteiger partial charge in [-0.3, -0.25) is 10.1 Å². The summed E-state index contributed by atoms with van der Waals surface area (Å²) in [5, 5.41) is 24.6. The third-order valence-corrected chi connectivity index (χ3v) is 5.19. The van der Waals surface area contributed by atoms with Gasteiger partial charge in [0.25, 0.3) is 5.69 Å². The van der Waals surface area contributed by atoms with Crippen LogP contribution in [0, 0.1) is 16.0 Å². The summed E-state index contributed by atoms with van der Waals surface area (Å²) in [7, 11) is 0. The van der Waals surface area contributed by atoms with Crippen molar-refractivity contribution in [2.45, 2.75) is 18.4 Å². The van der Waals surface area contributed by atoms with E-state index in [0.717, 1.165) is 23.2 Å². The molecule has 0 spiro atoms. The van der Waals surface area contributed by atoms with Crippen LogP contribution in [-0.4, -0.2) is 10.0 Å². The maximum Gasteiger partial charge on any atom is 0.288 e. The van der Waals surface area contributed by atoms with Gasteiger partial charge in [0, 0.05) is 17.7 Å². The fourth-order valence-corrected chi connectivity index (χ4v) is 3.96. The lowest BCUT2D eigenvalue weighted by molar-refractivity contribution is -0.384. The highest BCUT2D eigenvalue weighted by Crippen LogP contribution is 2.50. The van der Waals surface area contributed by atoms with Crippen molar-refractivity contribution in [3.05, 3.63) is 74.8 Å². The van der Waals surface area contributed by atoms with E-state index < -0.39 is 4.92 Å². The fraction of sp³-hybridized carbons (Fsp3) is 0.222. The summed E-state index contributed by atoms with van der Waals surface area (Å²) < 4.78 is 0. The molecular weight excluding hydrogens is 328 g/mol. The molecule has 1 aliphatic heterocycles. The van der Waals surface area contributed by atoms with Crippen LogP contribution in [0.3, 0.4) is 0 Å². The Labute approximate surface area is 143 Å². The number of rotatable bonds is 2. The van der Waals surface area contributed by atoms with Crippen LogP contribution >= 0.6 is 11.6 Å². The van der Waals surface area contributed by atoms with Crippen LogP contribution in [0.25, 0.3) is 0 Å². The Morgan fingerprint density at radius 2 is 2.08 bits per heavy atom. The SMILES string of the molecule is O=[N+]([O-])c1cc(C2Nc3ccc(O)cc3C3C=CCC32)ccc1Cl. The summed E-state index contributed by atoms with van der Waals surface area (Å²) in [6.45, 7) is 0. The highest BCUT2D eigenvalue weighted by molar-refractivity contribution is 6.32. The average Bonchev–Trinajstić information content (AvgIpc) is 3.04. The summed E-state index contributed by atoms with van der Waals surface area (Å²) in [4.78, 5) is 10.7. The fourth-order valence-electron chi connectivity index (χ4n) is 3.77. The van der Waals surface area contributed by atoms with Gasteiger partial charge < -0.3 is 10.4 Å². The topological polar surface area (TPSA) is 75.4 Å². The summed E-state index contributed by atoms with van der Waals surface area (Å²) >= 11 is 5.94. The Morgan fingerprint density at radius 3 is 2.88 bits per heavy atom. The maximum absolute atomic E-state index is 11.2. The van der Waals surface area contributed by atoms with Crippen LogP contribution in [0.2, 0.25) is 5.02 Å². The van der Waals surface area contributed by atoms with Crippen LogP contribution < -0.4 is 5.32 Å². The van der Waals surface area contributed by atoms with Crippen molar-refractivity contribution < 1.29 is 10.0 Å². The van der Waals surface area contributed by atoms with E-state index in [4.69, 9.17) is 11.6 Å². The number of nitrogens with one attached hydrogen (secondary N) is 1. The van der Waals surface area contributed by atoms with E-state index in [1.165, 1.54) is 0 Å². The summed E-state index contributed by atoms with van der Waals surface area (Å²) in [5.41, 5.74) is 2.79. The molecule has 1 heterocycles. The normalized spacial score (nSPS) is 24.1. The lowest BCUT2D eigenvalue weighted by Gasteiger charge is -2.37. The molecule has 2 aromatic carbocycles. The van der Waals surface area contributed by atoms with E-state index in [2.05, 4.69) is 17.5 Å². The zero-order valence-electron chi connectivity index (χ0n) is 12.6. The molecule has 5 nitrogen and oxygen atoms in total. The minimum Gasteiger partial charge on any atom is -0.508 e. The third-order valence-electron chi connectivity index (χ3n) is 4.87. The summed E-state index contributed by atoms with van der Waals surface area (Å²) in [6.07, 6.45) is 5.17. The second-order valence-electron chi connectivity index (χ2n) is 6.22. The number of nitrogens with zero attached hydrogens (tertiary/aromatic N) is 1. The van der Waals surface area contributed by atoms with Gasteiger partial charge in [-0.25, -0.2) is 0 Å². The van der Waals surface area contributed by atoms with Crippen LogP contribution in [0.15, 0.2) is 48.6 Å². The minimum absolute atomic E-state index is 0.0435. The van der Waals surface area contributed by atoms with Crippen LogP contribution in [0.5, 0.6) is 5.75 Å². The first kappa shape index (κ1) is 15.0. The number of phenols is 1. The molecule has 4 rings (SSSR count). The third kappa shape index (κ3) is 2.32. The van der Waals surface area contributed by atoms with Gasteiger partial charge in [-0.2, -0.15) is 0 Å². The highest BCUT2D eigenvalue weighted by atomic mass is 35.5. The van der Waals surface area contributed by atoms with Gasteiger partial charge >= 0.3 is 0 Å². The second kappa shape index (κ2) is 5.53. The van der Waals surface area contributed by atoms with Crippen LogP contribution in [-0.2, 0) is 0 Å². The minimum atomic E-state index is -0.453. The second-order valence-corrected chi connectivity index (χ2v) is 6.62. The molecule has 0 fully saturated rings. The predicted octanol–water partition coefficient (Wildman–Crippen LogP) is 4.78. The quantitative estimate of drug-likeness (QED) is 0.356. The Balaban J connectivity index is 1.79. The number of benzene rings is 2. The molecule has 0 amide bonds. The number of hydrogen-bond donors (Lipinski definition) is 2. The van der Waals surface area contributed by atoms with Gasteiger partial charge in [-0.15, -0.1) is 0 Å². The standard InChI is InChI=1S/C18H15ClN2O3/c19-15-6-4-10(8-17(15)21(23)24)18-13-3-1-2-12(13)14-9-11(22)5-7-16(14)20-18/h1-2,4-9,12-13,18,20,22H,3H2. The lowest BCUT2D eigenvalue weighted by atomic mass is 9.77. The number of anilines is 1. The van der Waals surface area contributed by atoms with Gasteiger partial charge in [0.1, 0.15) is 10.8 Å². The van der Waals surface area contributed by atoms with Gasteiger partial charge in [0.05, 0.1) is 11.0 Å². The maximum atomic E-state index is 11.2. The van der Waals surface area contributed by atoms with Gasteiger partial charge in [-0.1, -0.05) is 29.8 Å². The van der Waals surface area contributed by atoms with Crippen molar-refractivity contribution in [1.29, 1.82) is 0 Å². The Morgan fingerprint density at radius 1 is 1.25 bits per heavy atom. The zero-order chi connectivity index (χ0) is 16.8. The molecule has 0 bridgehead atoms. The predicted molar refractivity (Wildman–Crippen MR) is 92.6 cm³/mol. The van der Waals surface area contributed by atoms with E-state index in [9.17, 15) is 15.2 Å². The molecule has 3 unspecified atom stereocenters. The van der Waals surface area contributed by atoms with Crippen LogP contribution in [0.4, 0.5) is 11.4 Å². The van der Waals surface area contributed by atoms with Gasteiger partial charge in [0.2, 0.25) is 0 Å². The molecule has 2 aliphatic rings. The number of aromatic hydroxyl groups is 1. The number of allylic oxidation sites excluding steroid dienone is 2. The number of phenolic OH excluding ortho intramolecular Hbond substituents is 1. The largest absolute Gasteiger partial charge is 0.508 e. The van der Waals surface area contributed by atoms with E-state index in [1.54, 1.807) is 24.3 Å². The first-order valence-corrected chi connectivity index (χ1v) is 8.12.